The van der Waals surface area contributed by atoms with Crippen LogP contribution in [0.3, 0.4) is 0 Å². The summed E-state index contributed by atoms with van der Waals surface area (Å²) in [5.41, 5.74) is 3.37. The molecule has 0 spiro atoms. The lowest BCUT2D eigenvalue weighted by molar-refractivity contribution is -0.123. The summed E-state index contributed by atoms with van der Waals surface area (Å²) in [6, 6.07) is 13.6. The molecular formula is C20H22N2O3. The van der Waals surface area contributed by atoms with Crippen LogP contribution in [0.2, 0.25) is 0 Å². The molecule has 1 heterocycles. The van der Waals surface area contributed by atoms with Gasteiger partial charge in [-0.05, 0) is 49.2 Å². The van der Waals surface area contributed by atoms with Crippen LogP contribution in [-0.2, 0) is 11.2 Å². The molecular weight excluding hydrogens is 316 g/mol. The summed E-state index contributed by atoms with van der Waals surface area (Å²) in [6.45, 7) is 2.59. The van der Waals surface area contributed by atoms with Crippen molar-refractivity contribution in [3.8, 4) is 11.5 Å². The predicted octanol–water partition coefficient (Wildman–Crippen LogP) is 3.22. The molecule has 25 heavy (non-hydrogen) atoms. The highest BCUT2D eigenvalue weighted by atomic mass is 16.5. The van der Waals surface area contributed by atoms with Gasteiger partial charge in [-0.3, -0.25) is 4.79 Å². The Bertz CT molecular complexity index is 853. The van der Waals surface area contributed by atoms with E-state index in [0.29, 0.717) is 12.3 Å². The fourth-order valence-corrected chi connectivity index (χ4v) is 2.66. The van der Waals surface area contributed by atoms with Crippen LogP contribution in [0.15, 0.2) is 48.7 Å². The Labute approximate surface area is 147 Å². The molecule has 1 aromatic heterocycles. The molecule has 1 amide bonds. The Morgan fingerprint density at radius 1 is 1.12 bits per heavy atom. The minimum Gasteiger partial charge on any atom is -0.497 e. The van der Waals surface area contributed by atoms with Gasteiger partial charge >= 0.3 is 0 Å². The average Bonchev–Trinajstić information content (AvgIpc) is 3.03. The Morgan fingerprint density at radius 2 is 1.88 bits per heavy atom. The van der Waals surface area contributed by atoms with E-state index < -0.39 is 0 Å². The SMILES string of the molecule is COc1ccc2[nH]cc(CCNC(=O)COc3ccc(C)cc3)c2c1. The fourth-order valence-electron chi connectivity index (χ4n) is 2.66. The number of hydrogen-bond donors (Lipinski definition) is 2. The number of rotatable bonds is 7. The van der Waals surface area contributed by atoms with Crippen molar-refractivity contribution >= 4 is 16.8 Å². The second-order valence-electron chi connectivity index (χ2n) is 5.93. The van der Waals surface area contributed by atoms with E-state index in [0.717, 1.165) is 34.2 Å². The van der Waals surface area contributed by atoms with E-state index >= 15 is 0 Å². The van der Waals surface area contributed by atoms with Crippen molar-refractivity contribution in [1.82, 2.24) is 10.3 Å². The Kier molecular flexibility index (Phi) is 5.23. The van der Waals surface area contributed by atoms with Crippen molar-refractivity contribution in [3.63, 3.8) is 0 Å². The van der Waals surface area contributed by atoms with Crippen LogP contribution >= 0.6 is 0 Å². The number of aryl methyl sites for hydroxylation is 1. The van der Waals surface area contributed by atoms with E-state index in [1.165, 1.54) is 0 Å². The summed E-state index contributed by atoms with van der Waals surface area (Å²) in [5.74, 6) is 1.39. The highest BCUT2D eigenvalue weighted by molar-refractivity contribution is 5.84. The third-order valence-electron chi connectivity index (χ3n) is 4.08. The van der Waals surface area contributed by atoms with E-state index in [2.05, 4.69) is 10.3 Å². The van der Waals surface area contributed by atoms with Crippen LogP contribution in [0.4, 0.5) is 0 Å². The number of hydrogen-bond acceptors (Lipinski definition) is 3. The van der Waals surface area contributed by atoms with Crippen LogP contribution in [0.1, 0.15) is 11.1 Å². The monoisotopic (exact) mass is 338 g/mol. The third-order valence-corrected chi connectivity index (χ3v) is 4.08. The van der Waals surface area contributed by atoms with Crippen LogP contribution in [0.25, 0.3) is 10.9 Å². The maximum Gasteiger partial charge on any atom is 0.257 e. The van der Waals surface area contributed by atoms with Gasteiger partial charge in [-0.2, -0.15) is 0 Å². The van der Waals surface area contributed by atoms with Crippen molar-refractivity contribution in [3.05, 3.63) is 59.8 Å². The first-order valence-corrected chi connectivity index (χ1v) is 8.26. The second-order valence-corrected chi connectivity index (χ2v) is 5.93. The van der Waals surface area contributed by atoms with Crippen molar-refractivity contribution in [2.75, 3.05) is 20.3 Å². The lowest BCUT2D eigenvalue weighted by atomic mass is 10.1. The van der Waals surface area contributed by atoms with E-state index in [-0.39, 0.29) is 12.5 Å². The summed E-state index contributed by atoms with van der Waals surface area (Å²) in [7, 11) is 1.65. The number of fused-ring (bicyclic) bond motifs is 1. The zero-order valence-corrected chi connectivity index (χ0v) is 14.5. The molecule has 0 saturated carbocycles. The molecule has 2 N–H and O–H groups in total. The van der Waals surface area contributed by atoms with Gasteiger partial charge in [-0.15, -0.1) is 0 Å². The average molecular weight is 338 g/mol. The predicted molar refractivity (Wildman–Crippen MR) is 98.2 cm³/mol. The van der Waals surface area contributed by atoms with Crippen LogP contribution in [-0.4, -0.2) is 31.2 Å². The molecule has 130 valence electrons. The maximum atomic E-state index is 11.9. The number of methoxy groups -OCH3 is 1. The molecule has 0 aliphatic heterocycles. The van der Waals surface area contributed by atoms with Gasteiger partial charge < -0.3 is 19.8 Å². The molecule has 5 nitrogen and oxygen atoms in total. The van der Waals surface area contributed by atoms with Crippen LogP contribution in [0.5, 0.6) is 11.5 Å². The fraction of sp³-hybridized carbons (Fsp3) is 0.250. The first-order valence-electron chi connectivity index (χ1n) is 8.26. The Balaban J connectivity index is 1.49. The minimum absolute atomic E-state index is 0.0186. The molecule has 3 aromatic rings. The third kappa shape index (κ3) is 4.32. The van der Waals surface area contributed by atoms with E-state index in [1.807, 2.05) is 55.6 Å². The first-order chi connectivity index (χ1) is 12.2. The van der Waals surface area contributed by atoms with E-state index in [9.17, 15) is 4.79 Å². The number of benzene rings is 2. The maximum absolute atomic E-state index is 11.9. The van der Waals surface area contributed by atoms with Gasteiger partial charge in [0.1, 0.15) is 11.5 Å². The Morgan fingerprint density at radius 3 is 2.64 bits per heavy atom. The topological polar surface area (TPSA) is 63.3 Å². The Hall–Kier alpha value is -2.95. The lowest BCUT2D eigenvalue weighted by Crippen LogP contribution is -2.30. The molecule has 0 bridgehead atoms. The smallest absolute Gasteiger partial charge is 0.257 e. The molecule has 0 saturated heterocycles. The number of carbonyl (C=O) groups is 1. The standard InChI is InChI=1S/C20H22N2O3/c1-14-3-5-16(6-4-14)25-13-20(23)21-10-9-15-12-22-19-8-7-17(24-2)11-18(15)19/h3-8,11-12,22H,9-10,13H2,1-2H3,(H,21,23). The number of aromatic amines is 1. The molecule has 3 rings (SSSR count). The second kappa shape index (κ2) is 7.75. The lowest BCUT2D eigenvalue weighted by Gasteiger charge is -2.08. The van der Waals surface area contributed by atoms with Gasteiger partial charge in [0.05, 0.1) is 7.11 Å². The van der Waals surface area contributed by atoms with Gasteiger partial charge in [0, 0.05) is 23.6 Å². The summed E-state index contributed by atoms with van der Waals surface area (Å²) in [4.78, 5) is 15.1. The van der Waals surface area contributed by atoms with E-state index in [1.54, 1.807) is 7.11 Å². The van der Waals surface area contributed by atoms with Crippen LogP contribution in [0, 0.1) is 6.92 Å². The normalized spacial score (nSPS) is 10.6. The van der Waals surface area contributed by atoms with Gasteiger partial charge in [-0.1, -0.05) is 17.7 Å². The molecule has 0 aliphatic rings. The summed E-state index contributed by atoms with van der Waals surface area (Å²) in [5, 5.41) is 4.00. The molecule has 2 aromatic carbocycles. The van der Waals surface area contributed by atoms with Crippen LogP contribution < -0.4 is 14.8 Å². The summed E-state index contributed by atoms with van der Waals surface area (Å²) >= 11 is 0. The van der Waals surface area contributed by atoms with Gasteiger partial charge in [0.2, 0.25) is 0 Å². The highest BCUT2D eigenvalue weighted by Gasteiger charge is 2.07. The molecule has 0 aliphatic carbocycles. The molecule has 0 unspecified atom stereocenters. The van der Waals surface area contributed by atoms with Crippen molar-refractivity contribution < 1.29 is 14.3 Å². The molecule has 0 radical (unpaired) electrons. The highest BCUT2D eigenvalue weighted by Crippen LogP contribution is 2.23. The number of nitrogens with one attached hydrogen (secondary N) is 2. The zero-order chi connectivity index (χ0) is 17.6. The first kappa shape index (κ1) is 16.9. The zero-order valence-electron chi connectivity index (χ0n) is 14.5. The molecule has 5 heteroatoms. The van der Waals surface area contributed by atoms with Crippen molar-refractivity contribution in [2.45, 2.75) is 13.3 Å². The number of aromatic nitrogens is 1. The van der Waals surface area contributed by atoms with Crippen molar-refractivity contribution in [2.24, 2.45) is 0 Å². The van der Waals surface area contributed by atoms with Gasteiger partial charge in [0.15, 0.2) is 6.61 Å². The van der Waals surface area contributed by atoms with E-state index in [4.69, 9.17) is 9.47 Å². The molecule has 0 fully saturated rings. The largest absolute Gasteiger partial charge is 0.497 e. The number of amides is 1. The quantitative estimate of drug-likeness (QED) is 0.695. The van der Waals surface area contributed by atoms with Gasteiger partial charge in [0.25, 0.3) is 5.91 Å². The molecule has 0 atom stereocenters. The number of H-pyrrole nitrogens is 1. The minimum atomic E-state index is -0.127. The number of carbonyl (C=O) groups excluding carboxylic acids is 1. The summed E-state index contributed by atoms with van der Waals surface area (Å²) < 4.78 is 10.7. The van der Waals surface area contributed by atoms with Crippen molar-refractivity contribution in [1.29, 1.82) is 0 Å². The van der Waals surface area contributed by atoms with Gasteiger partial charge in [-0.25, -0.2) is 0 Å². The summed E-state index contributed by atoms with van der Waals surface area (Å²) in [6.07, 6.45) is 2.71. The number of ether oxygens (including phenoxy) is 2.